The zero-order chi connectivity index (χ0) is 24.4. The molecule has 0 bridgehead atoms. The minimum atomic E-state index is -1.47. The second kappa shape index (κ2) is 7.60. The van der Waals surface area contributed by atoms with Crippen LogP contribution in [0.3, 0.4) is 0 Å². The van der Waals surface area contributed by atoms with Crippen LogP contribution in [0.1, 0.15) is 0 Å². The van der Waals surface area contributed by atoms with Crippen molar-refractivity contribution in [2.45, 2.75) is 19.6 Å². The van der Waals surface area contributed by atoms with Crippen molar-refractivity contribution in [3.63, 3.8) is 0 Å². The van der Waals surface area contributed by atoms with Gasteiger partial charge in [-0.05, 0) is 30.3 Å². The maximum Gasteiger partial charge on any atom is 0.188 e. The van der Waals surface area contributed by atoms with Gasteiger partial charge in [-0.1, -0.05) is 85.5 Å². The van der Waals surface area contributed by atoms with Gasteiger partial charge in [0.2, 0.25) is 0 Å². The van der Waals surface area contributed by atoms with E-state index in [-0.39, 0.29) is 0 Å². The quantitative estimate of drug-likeness (QED) is 0.251. The van der Waals surface area contributed by atoms with E-state index in [1.807, 2.05) is 36.4 Å². The number of hydrogen-bond donors (Lipinski definition) is 0. The van der Waals surface area contributed by atoms with Crippen molar-refractivity contribution in [1.82, 2.24) is 19.7 Å². The van der Waals surface area contributed by atoms with Gasteiger partial charge < -0.3 is 4.42 Å². The summed E-state index contributed by atoms with van der Waals surface area (Å²) < 4.78 is 8.67. The molecule has 36 heavy (non-hydrogen) atoms. The highest BCUT2D eigenvalue weighted by molar-refractivity contribution is 6.88. The van der Waals surface area contributed by atoms with Gasteiger partial charge in [-0.3, -0.25) is 4.57 Å². The summed E-state index contributed by atoms with van der Waals surface area (Å²) in [6.07, 6.45) is 0. The van der Waals surface area contributed by atoms with E-state index in [4.69, 9.17) is 9.40 Å². The molecule has 174 valence electrons. The van der Waals surface area contributed by atoms with Crippen LogP contribution in [0.2, 0.25) is 19.6 Å². The molecule has 3 aromatic heterocycles. The van der Waals surface area contributed by atoms with Crippen LogP contribution >= 0.6 is 0 Å². The van der Waals surface area contributed by atoms with Crippen molar-refractivity contribution < 1.29 is 4.42 Å². The fourth-order valence-electron chi connectivity index (χ4n) is 4.99. The molecule has 0 N–H and O–H groups in total. The lowest BCUT2D eigenvalue weighted by molar-refractivity contribution is 0.669. The lowest BCUT2D eigenvalue weighted by Crippen LogP contribution is -2.37. The maximum absolute atomic E-state index is 6.58. The van der Waals surface area contributed by atoms with E-state index < -0.39 is 8.07 Å². The van der Waals surface area contributed by atoms with Gasteiger partial charge in [0.15, 0.2) is 11.5 Å². The largest absolute Gasteiger partial charge is 0.455 e. The average molecular weight is 485 g/mol. The van der Waals surface area contributed by atoms with Gasteiger partial charge in [-0.25, -0.2) is 4.98 Å². The van der Waals surface area contributed by atoms with Crippen LogP contribution in [-0.4, -0.2) is 27.8 Å². The summed E-state index contributed by atoms with van der Waals surface area (Å²) in [4.78, 5) is 5.17. The van der Waals surface area contributed by atoms with Gasteiger partial charge in [-0.15, -0.1) is 10.2 Å². The standard InChI is InChI=1S/C30H24N4OSi/c1-36(2,3)20-16-17-21-22-13-9-14-24(28(22)35-26(21)18-20)29-31-27-23-12-7-8-15-25(23)32-33-30(27)34(29)19-10-5-4-6-11-19/h4-18H,1-3H3. The van der Waals surface area contributed by atoms with Crippen molar-refractivity contribution in [3.05, 3.63) is 91.0 Å². The van der Waals surface area contributed by atoms with Crippen molar-refractivity contribution >= 4 is 57.3 Å². The lowest BCUT2D eigenvalue weighted by atomic mass is 10.1. The zero-order valence-corrected chi connectivity index (χ0v) is 21.4. The maximum atomic E-state index is 6.58. The summed E-state index contributed by atoms with van der Waals surface area (Å²) >= 11 is 0. The highest BCUT2D eigenvalue weighted by Gasteiger charge is 2.23. The minimum Gasteiger partial charge on any atom is -0.455 e. The zero-order valence-electron chi connectivity index (χ0n) is 20.4. The average Bonchev–Trinajstić information content (AvgIpc) is 3.47. The Kier molecular flexibility index (Phi) is 4.44. The number of imidazole rings is 1. The third kappa shape index (κ3) is 3.11. The first-order valence-electron chi connectivity index (χ1n) is 12.1. The molecular formula is C30H24N4OSi. The van der Waals surface area contributed by atoms with Crippen LogP contribution in [0.4, 0.5) is 0 Å². The minimum absolute atomic E-state index is 0.726. The Morgan fingerprint density at radius 3 is 2.33 bits per heavy atom. The van der Waals surface area contributed by atoms with Crippen LogP contribution in [0.15, 0.2) is 95.4 Å². The van der Waals surface area contributed by atoms with E-state index >= 15 is 0 Å². The second-order valence-corrected chi connectivity index (χ2v) is 15.3. The Labute approximate surface area is 209 Å². The third-order valence-corrected chi connectivity index (χ3v) is 8.93. The van der Waals surface area contributed by atoms with Crippen molar-refractivity contribution in [3.8, 4) is 17.1 Å². The number of nitrogens with zero attached hydrogens (tertiary/aromatic N) is 4. The molecule has 3 heterocycles. The molecule has 0 atom stereocenters. The second-order valence-electron chi connectivity index (χ2n) is 10.2. The van der Waals surface area contributed by atoms with E-state index in [2.05, 4.69) is 89.0 Å². The number of benzene rings is 4. The molecule has 6 heteroatoms. The van der Waals surface area contributed by atoms with Gasteiger partial charge in [0.1, 0.15) is 16.7 Å². The highest BCUT2D eigenvalue weighted by Crippen LogP contribution is 2.38. The molecule has 7 rings (SSSR count). The molecular weight excluding hydrogens is 460 g/mol. The predicted molar refractivity (Wildman–Crippen MR) is 150 cm³/mol. The smallest absolute Gasteiger partial charge is 0.188 e. The number of para-hydroxylation sites is 2. The number of aromatic nitrogens is 4. The fourth-order valence-corrected chi connectivity index (χ4v) is 6.14. The summed E-state index contributed by atoms with van der Waals surface area (Å²) in [6.45, 7) is 7.07. The summed E-state index contributed by atoms with van der Waals surface area (Å²) in [7, 11) is -1.47. The number of fused-ring (bicyclic) bond motifs is 6. The molecule has 0 spiro atoms. The molecule has 0 fully saturated rings. The van der Waals surface area contributed by atoms with E-state index in [0.29, 0.717) is 0 Å². The van der Waals surface area contributed by atoms with E-state index in [1.54, 1.807) is 0 Å². The lowest BCUT2D eigenvalue weighted by Gasteiger charge is -2.15. The predicted octanol–water partition coefficient (Wildman–Crippen LogP) is 7.08. The molecule has 0 saturated carbocycles. The van der Waals surface area contributed by atoms with Crippen LogP contribution in [0.5, 0.6) is 0 Å². The van der Waals surface area contributed by atoms with Gasteiger partial charge in [0.25, 0.3) is 0 Å². The van der Waals surface area contributed by atoms with E-state index in [1.165, 1.54) is 5.19 Å². The molecule has 7 aromatic rings. The summed E-state index contributed by atoms with van der Waals surface area (Å²) in [5, 5.41) is 13.7. The van der Waals surface area contributed by atoms with Crippen LogP contribution < -0.4 is 5.19 Å². The van der Waals surface area contributed by atoms with Gasteiger partial charge in [0, 0.05) is 21.8 Å². The van der Waals surface area contributed by atoms with E-state index in [0.717, 1.165) is 61.1 Å². The molecule has 0 aliphatic heterocycles. The summed E-state index contributed by atoms with van der Waals surface area (Å²) in [6, 6.07) is 31.2. The van der Waals surface area contributed by atoms with Crippen molar-refractivity contribution in [2.75, 3.05) is 0 Å². The molecule has 5 nitrogen and oxygen atoms in total. The Morgan fingerprint density at radius 2 is 1.50 bits per heavy atom. The first-order chi connectivity index (χ1) is 17.5. The van der Waals surface area contributed by atoms with Crippen LogP contribution in [0.25, 0.3) is 61.1 Å². The van der Waals surface area contributed by atoms with Gasteiger partial charge >= 0.3 is 0 Å². The van der Waals surface area contributed by atoms with Crippen LogP contribution in [0, 0.1) is 0 Å². The highest BCUT2D eigenvalue weighted by atomic mass is 28.3. The molecule has 0 radical (unpaired) electrons. The van der Waals surface area contributed by atoms with Crippen molar-refractivity contribution in [2.24, 2.45) is 0 Å². The number of rotatable bonds is 3. The Morgan fingerprint density at radius 1 is 0.722 bits per heavy atom. The van der Waals surface area contributed by atoms with Crippen molar-refractivity contribution in [1.29, 1.82) is 0 Å². The monoisotopic (exact) mass is 484 g/mol. The molecule has 4 aromatic carbocycles. The Balaban J connectivity index is 1.58. The molecule has 0 aliphatic rings. The molecule has 0 unspecified atom stereocenters. The summed E-state index contributed by atoms with van der Waals surface area (Å²) in [5.41, 5.74) is 6.06. The molecule has 0 saturated heterocycles. The first kappa shape index (κ1) is 21.0. The molecule has 0 aliphatic carbocycles. The Bertz CT molecular complexity index is 1930. The molecule has 0 amide bonds. The topological polar surface area (TPSA) is 56.7 Å². The third-order valence-electron chi connectivity index (χ3n) is 6.88. The first-order valence-corrected chi connectivity index (χ1v) is 15.6. The number of hydrogen-bond acceptors (Lipinski definition) is 4. The Hall–Kier alpha value is -4.29. The summed E-state index contributed by atoms with van der Waals surface area (Å²) in [5.74, 6) is 0.789. The van der Waals surface area contributed by atoms with Gasteiger partial charge in [0.05, 0.1) is 19.2 Å². The fraction of sp³-hybridized carbons (Fsp3) is 0.100. The van der Waals surface area contributed by atoms with E-state index in [9.17, 15) is 0 Å². The SMILES string of the molecule is C[Si](C)(C)c1ccc2c(c1)oc1c(-c3nc4c5ccccc5nnc4n3-c3ccccc3)cccc12. The van der Waals surface area contributed by atoms with Gasteiger partial charge in [-0.2, -0.15) is 0 Å². The number of furan rings is 1. The normalized spacial score (nSPS) is 12.3. The van der Waals surface area contributed by atoms with Crippen LogP contribution in [-0.2, 0) is 0 Å².